The maximum Gasteiger partial charge on any atom is 0.407 e. The molecule has 228 valence electrons. The molecule has 2 amide bonds. The van der Waals surface area contributed by atoms with Crippen molar-refractivity contribution < 1.29 is 52.8 Å². The van der Waals surface area contributed by atoms with E-state index < -0.39 is 46.6 Å². The van der Waals surface area contributed by atoms with E-state index in [1.807, 2.05) is 0 Å². The summed E-state index contributed by atoms with van der Waals surface area (Å²) in [5, 5.41) is 14.1. The van der Waals surface area contributed by atoms with Crippen LogP contribution in [0, 0.1) is 0 Å². The average molecular weight is 565 g/mol. The first-order valence-electron chi connectivity index (χ1n) is 12.3. The minimum Gasteiger partial charge on any atom is -0.460 e. The van der Waals surface area contributed by atoms with E-state index in [0.717, 1.165) is 0 Å². The Balaban J connectivity index is -0.000000606. The summed E-state index contributed by atoms with van der Waals surface area (Å²) in [6, 6.07) is -0.718. The van der Waals surface area contributed by atoms with Gasteiger partial charge in [-0.15, -0.1) is 0 Å². The third-order valence-electron chi connectivity index (χ3n) is 3.19. The SMILES string of the molecule is CC(C)(C)OC(=O)CC(CO)NC(=O)OC(C)(C)C.CC(C)(C)OC(=O)CCNC(=O)OC(C)(C)C.O=C=O. The maximum absolute atomic E-state index is 11.6. The van der Waals surface area contributed by atoms with Crippen molar-refractivity contribution in [2.24, 2.45) is 0 Å². The largest absolute Gasteiger partial charge is 0.460 e. The van der Waals surface area contributed by atoms with Crippen molar-refractivity contribution in [3.8, 4) is 0 Å². The molecule has 0 saturated carbocycles. The van der Waals surface area contributed by atoms with E-state index in [1.165, 1.54) is 0 Å². The van der Waals surface area contributed by atoms with Gasteiger partial charge in [-0.2, -0.15) is 9.59 Å². The molecule has 0 aliphatic carbocycles. The minimum atomic E-state index is -0.718. The highest BCUT2D eigenvalue weighted by Gasteiger charge is 2.24. The van der Waals surface area contributed by atoms with E-state index in [1.54, 1.807) is 83.1 Å². The third-order valence-corrected chi connectivity index (χ3v) is 3.19. The smallest absolute Gasteiger partial charge is 0.407 e. The molecule has 13 heteroatoms. The molecule has 13 nitrogen and oxygen atoms in total. The summed E-state index contributed by atoms with van der Waals surface area (Å²) in [6.07, 6.45) is -0.917. The van der Waals surface area contributed by atoms with Gasteiger partial charge in [0.25, 0.3) is 0 Å². The Morgan fingerprint density at radius 2 is 1.03 bits per heavy atom. The highest BCUT2D eigenvalue weighted by atomic mass is 16.6. The fourth-order valence-corrected chi connectivity index (χ4v) is 2.19. The second kappa shape index (κ2) is 18.2. The molecule has 0 radical (unpaired) electrons. The maximum atomic E-state index is 11.6. The number of carbonyl (C=O) groups excluding carboxylic acids is 6. The number of hydrogen-bond donors (Lipinski definition) is 3. The Bertz CT molecular complexity index is 735. The molecule has 0 aliphatic heterocycles. The summed E-state index contributed by atoms with van der Waals surface area (Å²) in [5.74, 6) is -0.823. The summed E-state index contributed by atoms with van der Waals surface area (Å²) in [6.45, 7) is 21.0. The lowest BCUT2D eigenvalue weighted by Crippen LogP contribution is -2.42. The van der Waals surface area contributed by atoms with Gasteiger partial charge in [-0.3, -0.25) is 9.59 Å². The van der Waals surface area contributed by atoms with Crippen LogP contribution in [-0.2, 0) is 38.1 Å². The molecule has 0 aliphatic rings. The number of nitrogens with one attached hydrogen (secondary N) is 2. The van der Waals surface area contributed by atoms with Crippen molar-refractivity contribution in [1.29, 1.82) is 0 Å². The molecule has 0 aromatic carbocycles. The number of aliphatic hydroxyl groups is 1. The molecule has 1 atom stereocenters. The Kier molecular flexibility index (Phi) is 18.8. The predicted octanol–water partition coefficient (Wildman–Crippen LogP) is 3.26. The van der Waals surface area contributed by atoms with Crippen LogP contribution in [0.25, 0.3) is 0 Å². The number of hydrogen-bond acceptors (Lipinski definition) is 11. The summed E-state index contributed by atoms with van der Waals surface area (Å²) >= 11 is 0. The zero-order valence-corrected chi connectivity index (χ0v) is 25.4. The molecule has 0 aromatic heterocycles. The molecule has 3 N–H and O–H groups in total. The minimum absolute atomic E-state index is 0.104. The summed E-state index contributed by atoms with van der Waals surface area (Å²) in [5.41, 5.74) is -2.25. The van der Waals surface area contributed by atoms with Crippen molar-refractivity contribution in [3.63, 3.8) is 0 Å². The second-order valence-electron chi connectivity index (χ2n) is 12.2. The molecule has 0 saturated heterocycles. The first-order valence-corrected chi connectivity index (χ1v) is 12.3. The second-order valence-corrected chi connectivity index (χ2v) is 12.2. The van der Waals surface area contributed by atoms with Crippen LogP contribution in [0.3, 0.4) is 0 Å². The number of aliphatic hydroxyl groups excluding tert-OH is 1. The van der Waals surface area contributed by atoms with Gasteiger partial charge in [0, 0.05) is 6.54 Å². The van der Waals surface area contributed by atoms with E-state index in [2.05, 4.69) is 10.6 Å². The van der Waals surface area contributed by atoms with Crippen molar-refractivity contribution in [3.05, 3.63) is 0 Å². The number of rotatable bonds is 7. The van der Waals surface area contributed by atoms with E-state index in [0.29, 0.717) is 0 Å². The van der Waals surface area contributed by atoms with Crippen LogP contribution in [-0.4, -0.2) is 77.0 Å². The van der Waals surface area contributed by atoms with E-state index in [4.69, 9.17) is 33.6 Å². The normalized spacial score (nSPS) is 12.0. The molecule has 0 spiro atoms. The molecule has 0 aromatic rings. The standard InChI is InChI=1S/C13H25NO5.C12H23NO4.CO2/c1-12(2,3)18-10(16)7-9(8-15)14-11(17)19-13(4,5)6;1-11(2,3)16-9(14)7-8-13-10(15)17-12(4,5)6;2-1-3/h9,15H,7-8H2,1-6H3,(H,14,17);7-8H2,1-6H3,(H,13,15);. The van der Waals surface area contributed by atoms with Gasteiger partial charge in [0.15, 0.2) is 0 Å². The van der Waals surface area contributed by atoms with Gasteiger partial charge in [-0.05, 0) is 83.1 Å². The first-order chi connectivity index (χ1) is 17.3. The lowest BCUT2D eigenvalue weighted by molar-refractivity contribution is -0.191. The van der Waals surface area contributed by atoms with Gasteiger partial charge < -0.3 is 34.7 Å². The van der Waals surface area contributed by atoms with Gasteiger partial charge in [-0.25, -0.2) is 9.59 Å². The molecular formula is C26H48N2O11. The van der Waals surface area contributed by atoms with Crippen LogP contribution in [0.15, 0.2) is 0 Å². The zero-order valence-electron chi connectivity index (χ0n) is 25.4. The topological polar surface area (TPSA) is 184 Å². The van der Waals surface area contributed by atoms with Crippen LogP contribution < -0.4 is 10.6 Å². The molecule has 0 fully saturated rings. The molecule has 39 heavy (non-hydrogen) atoms. The van der Waals surface area contributed by atoms with Gasteiger partial charge in [-0.1, -0.05) is 0 Å². The van der Waals surface area contributed by atoms with Crippen molar-refractivity contribution in [2.75, 3.05) is 13.2 Å². The molecule has 0 bridgehead atoms. The Hall–Kier alpha value is -3.18. The fraction of sp³-hybridized carbons (Fsp3) is 0.808. The van der Waals surface area contributed by atoms with Crippen molar-refractivity contribution in [2.45, 2.75) is 124 Å². The average Bonchev–Trinajstić information content (AvgIpc) is 2.62. The summed E-state index contributed by atoms with van der Waals surface area (Å²) < 4.78 is 20.3. The number of ether oxygens (including phenoxy) is 4. The van der Waals surface area contributed by atoms with Crippen LogP contribution in [0.5, 0.6) is 0 Å². The highest BCUT2D eigenvalue weighted by molar-refractivity contribution is 5.73. The number of carbonyl (C=O) groups is 4. The summed E-state index contributed by atoms with van der Waals surface area (Å²) in [7, 11) is 0. The van der Waals surface area contributed by atoms with Crippen LogP contribution in [0.4, 0.5) is 9.59 Å². The van der Waals surface area contributed by atoms with Crippen LogP contribution >= 0.6 is 0 Å². The number of amides is 2. The highest BCUT2D eigenvalue weighted by Crippen LogP contribution is 2.11. The van der Waals surface area contributed by atoms with Crippen molar-refractivity contribution in [1.82, 2.24) is 10.6 Å². The van der Waals surface area contributed by atoms with Crippen LogP contribution in [0.1, 0.15) is 95.9 Å². The monoisotopic (exact) mass is 564 g/mol. The van der Waals surface area contributed by atoms with E-state index in [9.17, 15) is 19.2 Å². The third kappa shape index (κ3) is 34.8. The van der Waals surface area contributed by atoms with Gasteiger partial charge in [0.1, 0.15) is 22.4 Å². The summed E-state index contributed by atoms with van der Waals surface area (Å²) in [4.78, 5) is 61.9. The van der Waals surface area contributed by atoms with Gasteiger partial charge in [0.2, 0.25) is 0 Å². The molecule has 1 unspecified atom stereocenters. The fourth-order valence-electron chi connectivity index (χ4n) is 2.19. The predicted molar refractivity (Wildman–Crippen MR) is 140 cm³/mol. The molecule has 0 rings (SSSR count). The van der Waals surface area contributed by atoms with Crippen LogP contribution in [0.2, 0.25) is 0 Å². The lowest BCUT2D eigenvalue weighted by Gasteiger charge is -2.24. The van der Waals surface area contributed by atoms with E-state index in [-0.39, 0.29) is 38.1 Å². The quantitative estimate of drug-likeness (QED) is 0.304. The number of esters is 2. The zero-order chi connectivity index (χ0) is 31.7. The van der Waals surface area contributed by atoms with E-state index >= 15 is 0 Å². The van der Waals surface area contributed by atoms with Crippen molar-refractivity contribution >= 4 is 30.3 Å². The number of alkyl carbamates (subject to hydrolysis) is 2. The first kappa shape index (κ1) is 40.3. The Labute approximate surface area is 231 Å². The molecule has 0 heterocycles. The Morgan fingerprint density at radius 3 is 1.38 bits per heavy atom. The lowest BCUT2D eigenvalue weighted by atomic mass is 10.1. The Morgan fingerprint density at radius 1 is 0.667 bits per heavy atom. The van der Waals surface area contributed by atoms with Gasteiger partial charge in [0.05, 0.1) is 25.5 Å². The van der Waals surface area contributed by atoms with Gasteiger partial charge >= 0.3 is 30.3 Å². The molecular weight excluding hydrogens is 516 g/mol.